The van der Waals surface area contributed by atoms with E-state index in [2.05, 4.69) is 17.6 Å². The highest BCUT2D eigenvalue weighted by Crippen LogP contribution is 2.22. The second kappa shape index (κ2) is 8.89. The zero-order valence-electron chi connectivity index (χ0n) is 14.2. The average Bonchev–Trinajstić information content (AvgIpc) is 2.60. The molecule has 1 aromatic rings. The molecule has 1 saturated heterocycles. The summed E-state index contributed by atoms with van der Waals surface area (Å²) in [4.78, 5) is 12.3. The van der Waals surface area contributed by atoms with Crippen LogP contribution >= 0.6 is 0 Å². The van der Waals surface area contributed by atoms with Crippen LogP contribution in [0.25, 0.3) is 0 Å². The Kier molecular flexibility index (Phi) is 6.86. The molecule has 1 amide bonds. The quantitative estimate of drug-likeness (QED) is 0.720. The smallest absolute Gasteiger partial charge is 0.252 e. The molecule has 0 radical (unpaired) electrons. The number of ether oxygens (including phenoxy) is 2. The highest BCUT2D eigenvalue weighted by atomic mass is 16.5. The van der Waals surface area contributed by atoms with Gasteiger partial charge in [0.05, 0.1) is 6.61 Å². The fourth-order valence-electron chi connectivity index (χ4n) is 2.77. The summed E-state index contributed by atoms with van der Waals surface area (Å²) in [5, 5.41) is 6.26. The Hall–Kier alpha value is -1.59. The van der Waals surface area contributed by atoms with Crippen molar-refractivity contribution in [3.63, 3.8) is 0 Å². The summed E-state index contributed by atoms with van der Waals surface area (Å²) in [6.45, 7) is 5.03. The molecule has 0 spiro atoms. The van der Waals surface area contributed by atoms with Crippen LogP contribution in [0, 0.1) is 6.92 Å². The highest BCUT2D eigenvalue weighted by molar-refractivity contribution is 5.85. The predicted octanol–water partition coefficient (Wildman–Crippen LogP) is 2.04. The molecule has 0 saturated carbocycles. The SMILES string of the molecule is COC1(C(=O)NCCCCOc2ccc(C)cc2)CCNCC1. The van der Waals surface area contributed by atoms with Crippen molar-refractivity contribution in [2.45, 2.75) is 38.2 Å². The van der Waals surface area contributed by atoms with E-state index in [4.69, 9.17) is 9.47 Å². The van der Waals surface area contributed by atoms with Crippen LogP contribution in [0.4, 0.5) is 0 Å². The number of rotatable bonds is 8. The number of hydrogen-bond acceptors (Lipinski definition) is 4. The minimum atomic E-state index is -0.649. The van der Waals surface area contributed by atoms with Crippen LogP contribution in [-0.4, -0.2) is 44.9 Å². The highest BCUT2D eigenvalue weighted by Gasteiger charge is 2.39. The van der Waals surface area contributed by atoms with Crippen LogP contribution in [0.15, 0.2) is 24.3 Å². The van der Waals surface area contributed by atoms with Gasteiger partial charge in [0.15, 0.2) is 0 Å². The van der Waals surface area contributed by atoms with Gasteiger partial charge >= 0.3 is 0 Å². The average molecular weight is 320 g/mol. The number of benzene rings is 1. The van der Waals surface area contributed by atoms with Gasteiger partial charge in [-0.3, -0.25) is 4.79 Å². The molecular formula is C18H28N2O3. The number of aryl methyl sites for hydroxylation is 1. The van der Waals surface area contributed by atoms with Gasteiger partial charge in [-0.25, -0.2) is 0 Å². The van der Waals surface area contributed by atoms with Crippen molar-refractivity contribution in [1.29, 1.82) is 0 Å². The molecule has 5 nitrogen and oxygen atoms in total. The summed E-state index contributed by atoms with van der Waals surface area (Å²) in [5.74, 6) is 0.911. The summed E-state index contributed by atoms with van der Waals surface area (Å²) in [7, 11) is 1.63. The zero-order chi connectivity index (χ0) is 16.5. The third-order valence-corrected chi connectivity index (χ3v) is 4.36. The topological polar surface area (TPSA) is 59.6 Å². The van der Waals surface area contributed by atoms with E-state index in [1.807, 2.05) is 24.3 Å². The Morgan fingerprint density at radius 2 is 1.91 bits per heavy atom. The Morgan fingerprint density at radius 1 is 1.22 bits per heavy atom. The van der Waals surface area contributed by atoms with E-state index >= 15 is 0 Å². The second-order valence-corrected chi connectivity index (χ2v) is 6.07. The maximum atomic E-state index is 12.3. The predicted molar refractivity (Wildman–Crippen MR) is 90.8 cm³/mol. The summed E-state index contributed by atoms with van der Waals surface area (Å²) in [6.07, 6.45) is 3.27. The number of nitrogens with one attached hydrogen (secondary N) is 2. The first kappa shape index (κ1) is 17.8. The van der Waals surface area contributed by atoms with Crippen molar-refractivity contribution in [2.75, 3.05) is 33.4 Å². The molecule has 0 aromatic heterocycles. The molecule has 2 rings (SSSR count). The second-order valence-electron chi connectivity index (χ2n) is 6.07. The molecule has 128 valence electrons. The molecule has 23 heavy (non-hydrogen) atoms. The Labute approximate surface area is 138 Å². The maximum absolute atomic E-state index is 12.3. The monoisotopic (exact) mass is 320 g/mol. The molecule has 1 aromatic carbocycles. The Balaban J connectivity index is 1.61. The Bertz CT molecular complexity index is 482. The largest absolute Gasteiger partial charge is 0.494 e. The molecular weight excluding hydrogens is 292 g/mol. The third kappa shape index (κ3) is 5.22. The number of carbonyl (C=O) groups excluding carboxylic acids is 1. The van der Waals surface area contributed by atoms with Crippen molar-refractivity contribution in [3.05, 3.63) is 29.8 Å². The van der Waals surface area contributed by atoms with Crippen molar-refractivity contribution in [2.24, 2.45) is 0 Å². The fourth-order valence-corrected chi connectivity index (χ4v) is 2.77. The van der Waals surface area contributed by atoms with Crippen molar-refractivity contribution < 1.29 is 14.3 Å². The van der Waals surface area contributed by atoms with Gasteiger partial charge in [0.2, 0.25) is 0 Å². The first-order valence-electron chi connectivity index (χ1n) is 8.40. The molecule has 1 heterocycles. The molecule has 5 heteroatoms. The molecule has 0 bridgehead atoms. The summed E-state index contributed by atoms with van der Waals surface area (Å²) in [5.41, 5.74) is 0.578. The lowest BCUT2D eigenvalue weighted by Crippen LogP contribution is -2.54. The zero-order valence-corrected chi connectivity index (χ0v) is 14.2. The van der Waals surface area contributed by atoms with Crippen LogP contribution in [0.2, 0.25) is 0 Å². The molecule has 0 aliphatic carbocycles. The number of piperidine rings is 1. The number of unbranched alkanes of at least 4 members (excludes halogenated alkanes) is 1. The first-order chi connectivity index (χ1) is 11.2. The third-order valence-electron chi connectivity index (χ3n) is 4.36. The van der Waals surface area contributed by atoms with E-state index in [1.54, 1.807) is 7.11 Å². The molecule has 1 aliphatic rings. The summed E-state index contributed by atoms with van der Waals surface area (Å²) >= 11 is 0. The first-order valence-corrected chi connectivity index (χ1v) is 8.40. The van der Waals surface area contributed by atoms with Gasteiger partial charge in [-0.2, -0.15) is 0 Å². The van der Waals surface area contributed by atoms with Gasteiger partial charge in [-0.1, -0.05) is 17.7 Å². The van der Waals surface area contributed by atoms with E-state index in [0.29, 0.717) is 13.2 Å². The lowest BCUT2D eigenvalue weighted by atomic mass is 9.91. The summed E-state index contributed by atoms with van der Waals surface area (Å²) in [6, 6.07) is 8.05. The van der Waals surface area contributed by atoms with Crippen LogP contribution < -0.4 is 15.4 Å². The van der Waals surface area contributed by atoms with Gasteiger partial charge in [0.25, 0.3) is 5.91 Å². The number of hydrogen-bond donors (Lipinski definition) is 2. The molecule has 0 atom stereocenters. The normalized spacial score (nSPS) is 16.8. The van der Waals surface area contributed by atoms with Gasteiger partial charge in [-0.15, -0.1) is 0 Å². The van der Waals surface area contributed by atoms with Crippen LogP contribution in [-0.2, 0) is 9.53 Å². The minimum absolute atomic E-state index is 0.0148. The maximum Gasteiger partial charge on any atom is 0.252 e. The fraction of sp³-hybridized carbons (Fsp3) is 0.611. The van der Waals surface area contributed by atoms with Crippen molar-refractivity contribution >= 4 is 5.91 Å². The summed E-state index contributed by atoms with van der Waals surface area (Å²) < 4.78 is 11.2. The lowest BCUT2D eigenvalue weighted by Gasteiger charge is -2.34. The molecule has 1 fully saturated rings. The molecule has 0 unspecified atom stereocenters. The van der Waals surface area contributed by atoms with E-state index in [-0.39, 0.29) is 5.91 Å². The molecule has 1 aliphatic heterocycles. The number of methoxy groups -OCH3 is 1. The van der Waals surface area contributed by atoms with E-state index in [9.17, 15) is 4.79 Å². The van der Waals surface area contributed by atoms with Gasteiger partial charge in [0.1, 0.15) is 11.4 Å². The van der Waals surface area contributed by atoms with Gasteiger partial charge in [-0.05, 0) is 57.8 Å². The van der Waals surface area contributed by atoms with Gasteiger partial charge in [0, 0.05) is 13.7 Å². The number of amides is 1. The van der Waals surface area contributed by atoms with Crippen molar-refractivity contribution in [1.82, 2.24) is 10.6 Å². The van der Waals surface area contributed by atoms with E-state index < -0.39 is 5.60 Å². The van der Waals surface area contributed by atoms with Crippen LogP contribution in [0.3, 0.4) is 0 Å². The number of carbonyl (C=O) groups is 1. The minimum Gasteiger partial charge on any atom is -0.494 e. The van der Waals surface area contributed by atoms with Crippen LogP contribution in [0.5, 0.6) is 5.75 Å². The van der Waals surface area contributed by atoms with Gasteiger partial charge < -0.3 is 20.1 Å². The van der Waals surface area contributed by atoms with E-state index in [1.165, 1.54) is 5.56 Å². The molecule has 2 N–H and O–H groups in total. The standard InChI is InChI=1S/C18H28N2O3/c1-15-5-7-16(8-6-15)23-14-4-3-11-20-17(21)18(22-2)9-12-19-13-10-18/h5-8,19H,3-4,9-14H2,1-2H3,(H,20,21). The van der Waals surface area contributed by atoms with Crippen molar-refractivity contribution in [3.8, 4) is 5.75 Å². The van der Waals surface area contributed by atoms with E-state index in [0.717, 1.165) is 44.5 Å². The van der Waals surface area contributed by atoms with Crippen LogP contribution in [0.1, 0.15) is 31.2 Å². The Morgan fingerprint density at radius 3 is 2.57 bits per heavy atom. The lowest BCUT2D eigenvalue weighted by molar-refractivity contribution is -0.146.